The van der Waals surface area contributed by atoms with Crippen LogP contribution in [0, 0.1) is 5.41 Å². The number of hydrogen-bond donors (Lipinski definition) is 2. The van der Waals surface area contributed by atoms with Gasteiger partial charge in [-0.25, -0.2) is 0 Å². The Bertz CT molecular complexity index is 344. The maximum atomic E-state index is 11.9. The summed E-state index contributed by atoms with van der Waals surface area (Å²) in [6.07, 6.45) is 5.14. The van der Waals surface area contributed by atoms with Gasteiger partial charge in [0, 0.05) is 32.4 Å². The highest BCUT2D eigenvalue weighted by Gasteiger charge is 2.20. The van der Waals surface area contributed by atoms with Crippen LogP contribution in [0.3, 0.4) is 0 Å². The third-order valence-corrected chi connectivity index (χ3v) is 2.93. The molecule has 0 aliphatic rings. The topological polar surface area (TPSA) is 62.1 Å². The van der Waals surface area contributed by atoms with Crippen LogP contribution in [0.15, 0.2) is 18.5 Å². The molecule has 0 saturated carbocycles. The molecule has 0 aromatic carbocycles. The largest absolute Gasteiger partial charge is 0.367 e. The van der Waals surface area contributed by atoms with Crippen molar-refractivity contribution in [3.8, 4) is 0 Å². The van der Waals surface area contributed by atoms with E-state index >= 15 is 0 Å². The van der Waals surface area contributed by atoms with E-state index in [9.17, 15) is 4.79 Å². The molecule has 1 rings (SSSR count). The highest BCUT2D eigenvalue weighted by molar-refractivity contribution is 5.76. The second kappa shape index (κ2) is 5.87. The number of aromatic amines is 1. The van der Waals surface area contributed by atoms with E-state index in [4.69, 9.17) is 5.73 Å². The summed E-state index contributed by atoms with van der Waals surface area (Å²) in [7, 11) is 1.84. The fourth-order valence-corrected chi connectivity index (χ4v) is 1.75. The molecule has 4 heteroatoms. The van der Waals surface area contributed by atoms with E-state index in [0.717, 1.165) is 6.42 Å². The standard InChI is InChI=1S/C13H23N3O/c1-13(2,9-14)10-16(3)12(17)5-4-11-6-7-15-8-11/h6-8,15H,4-5,9-10,14H2,1-3H3. The molecule has 0 spiro atoms. The van der Waals surface area contributed by atoms with Crippen LogP contribution in [-0.4, -0.2) is 35.9 Å². The first kappa shape index (κ1) is 13.8. The van der Waals surface area contributed by atoms with Crippen molar-refractivity contribution in [1.82, 2.24) is 9.88 Å². The summed E-state index contributed by atoms with van der Waals surface area (Å²) in [6.45, 7) is 5.43. The zero-order valence-corrected chi connectivity index (χ0v) is 11.0. The Morgan fingerprint density at radius 2 is 2.24 bits per heavy atom. The second-order valence-electron chi connectivity index (χ2n) is 5.34. The molecular formula is C13H23N3O. The third kappa shape index (κ3) is 4.61. The first-order valence-electron chi connectivity index (χ1n) is 6.00. The van der Waals surface area contributed by atoms with Crippen molar-refractivity contribution in [2.24, 2.45) is 11.1 Å². The van der Waals surface area contributed by atoms with Gasteiger partial charge < -0.3 is 15.6 Å². The van der Waals surface area contributed by atoms with Crippen molar-refractivity contribution >= 4 is 5.91 Å². The Morgan fingerprint density at radius 1 is 1.53 bits per heavy atom. The molecule has 1 aromatic heterocycles. The van der Waals surface area contributed by atoms with Crippen LogP contribution >= 0.6 is 0 Å². The van der Waals surface area contributed by atoms with Gasteiger partial charge >= 0.3 is 0 Å². The molecular weight excluding hydrogens is 214 g/mol. The van der Waals surface area contributed by atoms with Crippen LogP contribution in [0.4, 0.5) is 0 Å². The number of carbonyl (C=O) groups excluding carboxylic acids is 1. The maximum absolute atomic E-state index is 11.9. The first-order valence-corrected chi connectivity index (χ1v) is 6.00. The number of carbonyl (C=O) groups is 1. The Hall–Kier alpha value is -1.29. The number of nitrogens with two attached hydrogens (primary N) is 1. The molecule has 0 radical (unpaired) electrons. The lowest BCUT2D eigenvalue weighted by Crippen LogP contribution is -2.39. The van der Waals surface area contributed by atoms with Gasteiger partial charge in [-0.05, 0) is 30.0 Å². The molecule has 0 aliphatic carbocycles. The van der Waals surface area contributed by atoms with E-state index in [1.54, 1.807) is 4.90 Å². The summed E-state index contributed by atoms with van der Waals surface area (Å²) in [5.74, 6) is 0.174. The maximum Gasteiger partial charge on any atom is 0.222 e. The normalized spacial score (nSPS) is 11.5. The van der Waals surface area contributed by atoms with Crippen molar-refractivity contribution < 1.29 is 4.79 Å². The van der Waals surface area contributed by atoms with Crippen molar-refractivity contribution in [3.05, 3.63) is 24.0 Å². The average Bonchev–Trinajstić information content (AvgIpc) is 2.78. The molecule has 0 fully saturated rings. The summed E-state index contributed by atoms with van der Waals surface area (Å²) in [5, 5.41) is 0. The Balaban J connectivity index is 2.37. The van der Waals surface area contributed by atoms with E-state index in [1.165, 1.54) is 5.56 Å². The predicted molar refractivity (Wildman–Crippen MR) is 69.6 cm³/mol. The molecule has 1 amide bonds. The number of rotatable bonds is 6. The summed E-state index contributed by atoms with van der Waals surface area (Å²) in [4.78, 5) is 16.7. The van der Waals surface area contributed by atoms with Crippen molar-refractivity contribution in [2.45, 2.75) is 26.7 Å². The fraction of sp³-hybridized carbons (Fsp3) is 0.615. The molecule has 0 unspecified atom stereocenters. The molecule has 1 heterocycles. The summed E-state index contributed by atoms with van der Waals surface area (Å²) >= 11 is 0. The zero-order valence-electron chi connectivity index (χ0n) is 11.0. The minimum atomic E-state index is -0.0154. The lowest BCUT2D eigenvalue weighted by molar-refractivity contribution is -0.131. The first-order chi connectivity index (χ1) is 7.94. The van der Waals surface area contributed by atoms with Crippen LogP contribution in [0.2, 0.25) is 0 Å². The van der Waals surface area contributed by atoms with Gasteiger partial charge in [0.2, 0.25) is 5.91 Å². The number of amides is 1. The molecule has 0 saturated heterocycles. The predicted octanol–water partition coefficient (Wildman–Crippen LogP) is 1.39. The highest BCUT2D eigenvalue weighted by atomic mass is 16.2. The van der Waals surface area contributed by atoms with Gasteiger partial charge in [-0.15, -0.1) is 0 Å². The van der Waals surface area contributed by atoms with Gasteiger partial charge in [-0.2, -0.15) is 0 Å². The van der Waals surface area contributed by atoms with Crippen LogP contribution < -0.4 is 5.73 Å². The number of aromatic nitrogens is 1. The smallest absolute Gasteiger partial charge is 0.222 e. The van der Waals surface area contributed by atoms with E-state index < -0.39 is 0 Å². The summed E-state index contributed by atoms with van der Waals surface area (Å²) < 4.78 is 0. The second-order valence-corrected chi connectivity index (χ2v) is 5.34. The van der Waals surface area contributed by atoms with Gasteiger partial charge in [-0.3, -0.25) is 4.79 Å². The minimum absolute atomic E-state index is 0.0154. The quantitative estimate of drug-likeness (QED) is 0.785. The molecule has 0 aliphatic heterocycles. The third-order valence-electron chi connectivity index (χ3n) is 2.93. The van der Waals surface area contributed by atoms with Gasteiger partial charge in [0.1, 0.15) is 0 Å². The molecule has 0 bridgehead atoms. The Labute approximate surface area is 103 Å². The molecule has 1 aromatic rings. The monoisotopic (exact) mass is 237 g/mol. The molecule has 4 nitrogen and oxygen atoms in total. The van der Waals surface area contributed by atoms with E-state index in [0.29, 0.717) is 19.5 Å². The molecule has 0 atom stereocenters. The number of H-pyrrole nitrogens is 1. The van der Waals surface area contributed by atoms with E-state index in [1.807, 2.05) is 25.5 Å². The van der Waals surface area contributed by atoms with E-state index in [2.05, 4.69) is 18.8 Å². The molecule has 17 heavy (non-hydrogen) atoms. The summed E-state index contributed by atoms with van der Waals surface area (Å²) in [5.41, 5.74) is 6.82. The van der Waals surface area contributed by atoms with E-state index in [-0.39, 0.29) is 11.3 Å². The van der Waals surface area contributed by atoms with Crippen LogP contribution in [-0.2, 0) is 11.2 Å². The zero-order chi connectivity index (χ0) is 12.9. The number of nitrogens with zero attached hydrogens (tertiary/aromatic N) is 1. The Kier molecular flexibility index (Phi) is 4.75. The van der Waals surface area contributed by atoms with Gasteiger partial charge in [-0.1, -0.05) is 13.8 Å². The summed E-state index contributed by atoms with van der Waals surface area (Å²) in [6, 6.07) is 2.00. The highest BCUT2D eigenvalue weighted by Crippen LogP contribution is 2.14. The number of nitrogens with one attached hydrogen (secondary N) is 1. The number of aryl methyl sites for hydroxylation is 1. The van der Waals surface area contributed by atoms with Crippen LogP contribution in [0.5, 0.6) is 0 Å². The van der Waals surface area contributed by atoms with Gasteiger partial charge in [0.05, 0.1) is 0 Å². The van der Waals surface area contributed by atoms with Crippen molar-refractivity contribution in [3.63, 3.8) is 0 Å². The SMILES string of the molecule is CN(CC(C)(C)CN)C(=O)CCc1cc[nH]c1. The molecule has 3 N–H and O–H groups in total. The average molecular weight is 237 g/mol. The van der Waals surface area contributed by atoms with Crippen LogP contribution in [0.1, 0.15) is 25.8 Å². The minimum Gasteiger partial charge on any atom is -0.367 e. The van der Waals surface area contributed by atoms with Gasteiger partial charge in [0.15, 0.2) is 0 Å². The molecule has 96 valence electrons. The lowest BCUT2D eigenvalue weighted by atomic mass is 9.93. The van der Waals surface area contributed by atoms with Crippen molar-refractivity contribution in [2.75, 3.05) is 20.1 Å². The fourth-order valence-electron chi connectivity index (χ4n) is 1.75. The lowest BCUT2D eigenvalue weighted by Gasteiger charge is -2.29. The Morgan fingerprint density at radius 3 is 2.76 bits per heavy atom. The van der Waals surface area contributed by atoms with Crippen LogP contribution in [0.25, 0.3) is 0 Å². The van der Waals surface area contributed by atoms with Crippen molar-refractivity contribution in [1.29, 1.82) is 0 Å². The van der Waals surface area contributed by atoms with Gasteiger partial charge in [0.25, 0.3) is 0 Å². The number of hydrogen-bond acceptors (Lipinski definition) is 2.